The van der Waals surface area contributed by atoms with Gasteiger partial charge in [-0.1, -0.05) is 6.07 Å². The second-order valence-corrected chi connectivity index (χ2v) is 11.8. The van der Waals surface area contributed by atoms with Crippen LogP contribution in [0.25, 0.3) is 20.9 Å². The first kappa shape index (κ1) is 22.6. The maximum Gasteiger partial charge on any atom is 0.296 e. The fourth-order valence-electron chi connectivity index (χ4n) is 2.60. The average Bonchev–Trinajstić information content (AvgIpc) is 3.17. The Morgan fingerprint density at radius 2 is 1.33 bits per heavy atom. The lowest BCUT2D eigenvalue weighted by Gasteiger charge is -2.10. The van der Waals surface area contributed by atoms with E-state index in [1.54, 1.807) is 0 Å². The smallest absolute Gasteiger partial charge is 0.296 e. The van der Waals surface area contributed by atoms with Crippen LogP contribution in [0.2, 0.25) is 0 Å². The Morgan fingerprint density at radius 3 is 1.80 bits per heavy atom. The maximum atomic E-state index is 12.1. The van der Waals surface area contributed by atoms with Gasteiger partial charge in [-0.15, -0.1) is 22.7 Å². The van der Waals surface area contributed by atoms with E-state index in [9.17, 15) is 34.4 Å². The van der Waals surface area contributed by atoms with Crippen molar-refractivity contribution >= 4 is 64.4 Å². The highest BCUT2D eigenvalue weighted by atomic mass is 32.2. The largest absolute Gasteiger partial charge is 0.396 e. The van der Waals surface area contributed by atoms with E-state index >= 15 is 0 Å². The number of nitrogens with two attached hydrogens (primary N) is 2. The summed E-state index contributed by atoms with van der Waals surface area (Å²) < 4.78 is 99.1. The Bertz CT molecular complexity index is 1480. The first-order valence-electron chi connectivity index (χ1n) is 7.43. The molecule has 0 radical (unpaired) electrons. The molecule has 0 aliphatic heterocycles. The molecule has 0 saturated heterocycles. The molecular weight excluding hydrogens is 500 g/mol. The molecule has 0 amide bonds. The van der Waals surface area contributed by atoms with Crippen LogP contribution in [0.5, 0.6) is 0 Å². The van der Waals surface area contributed by atoms with Gasteiger partial charge in [-0.25, -0.2) is 0 Å². The van der Waals surface area contributed by atoms with Crippen molar-refractivity contribution in [2.45, 2.75) is 14.7 Å². The fraction of sp³-hybridized carbons (Fsp3) is 0. The van der Waals surface area contributed by atoms with Crippen molar-refractivity contribution < 1.29 is 38.9 Å². The highest BCUT2D eigenvalue weighted by Gasteiger charge is 2.30. The molecule has 3 aromatic rings. The summed E-state index contributed by atoms with van der Waals surface area (Å²) in [4.78, 5) is -2.65. The van der Waals surface area contributed by atoms with E-state index in [1.807, 2.05) is 0 Å². The minimum Gasteiger partial charge on any atom is -0.396 e. The minimum atomic E-state index is -5.07. The Morgan fingerprint density at radius 1 is 0.733 bits per heavy atom. The van der Waals surface area contributed by atoms with Gasteiger partial charge in [0.25, 0.3) is 30.4 Å². The van der Waals surface area contributed by atoms with E-state index in [0.29, 0.717) is 17.4 Å². The van der Waals surface area contributed by atoms with Gasteiger partial charge in [0.2, 0.25) is 0 Å². The van der Waals surface area contributed by atoms with Crippen LogP contribution in [-0.2, 0) is 30.4 Å². The molecule has 7 N–H and O–H groups in total. The number of nitrogen functional groups attached to an aromatic ring is 2. The summed E-state index contributed by atoms with van der Waals surface area (Å²) in [6, 6.07) is 2.15. The summed E-state index contributed by atoms with van der Waals surface area (Å²) in [5.74, 6) is 0. The average molecular weight is 513 g/mol. The number of thiophene rings is 2. The third kappa shape index (κ3) is 4.08. The predicted molar refractivity (Wildman–Crippen MR) is 111 cm³/mol. The number of hydrogen-bond donors (Lipinski definition) is 5. The SMILES string of the molecule is Nc1csc(-c2csc(-c3ccc(S(=O)(=O)O)cc3S(=O)(=O)O)c2S(=O)(=O)O)c1N. The Labute approximate surface area is 178 Å². The Kier molecular flexibility index (Phi) is 5.49. The second kappa shape index (κ2) is 7.27. The first-order chi connectivity index (χ1) is 13.6. The summed E-state index contributed by atoms with van der Waals surface area (Å²) in [5, 5.41) is 2.73. The fourth-order valence-corrected chi connectivity index (χ4v) is 7.32. The van der Waals surface area contributed by atoms with Crippen LogP contribution >= 0.6 is 22.7 Å². The van der Waals surface area contributed by atoms with E-state index in [0.717, 1.165) is 23.5 Å². The molecule has 0 spiro atoms. The molecule has 0 unspecified atom stereocenters. The molecule has 0 aliphatic carbocycles. The number of rotatable bonds is 5. The van der Waals surface area contributed by atoms with Crippen molar-refractivity contribution in [2.24, 2.45) is 0 Å². The van der Waals surface area contributed by atoms with Crippen molar-refractivity contribution in [3.05, 3.63) is 29.0 Å². The van der Waals surface area contributed by atoms with Crippen LogP contribution in [0.15, 0.2) is 43.6 Å². The summed E-state index contributed by atoms with van der Waals surface area (Å²) in [6.07, 6.45) is 0. The summed E-state index contributed by atoms with van der Waals surface area (Å²) in [7, 11) is -14.9. The van der Waals surface area contributed by atoms with Gasteiger partial charge in [-0.05, 0) is 12.1 Å². The number of hydrogen-bond acceptors (Lipinski definition) is 10. The molecule has 0 bridgehead atoms. The van der Waals surface area contributed by atoms with Crippen LogP contribution in [0.4, 0.5) is 11.4 Å². The Hall–Kier alpha value is -2.05. The van der Waals surface area contributed by atoms with Crippen molar-refractivity contribution in [3.8, 4) is 20.9 Å². The van der Waals surface area contributed by atoms with Gasteiger partial charge < -0.3 is 11.5 Å². The summed E-state index contributed by atoms with van der Waals surface area (Å²) >= 11 is 1.68. The minimum absolute atomic E-state index is 0.0472. The lowest BCUT2D eigenvalue weighted by Crippen LogP contribution is -2.06. The highest BCUT2D eigenvalue weighted by molar-refractivity contribution is 7.87. The lowest BCUT2D eigenvalue weighted by molar-refractivity contribution is 0.478. The summed E-state index contributed by atoms with van der Waals surface area (Å²) in [5.41, 5.74) is 11.3. The third-order valence-corrected chi connectivity index (χ3v) is 8.75. The van der Waals surface area contributed by atoms with Crippen molar-refractivity contribution in [1.82, 2.24) is 0 Å². The van der Waals surface area contributed by atoms with Gasteiger partial charge in [0, 0.05) is 21.9 Å². The molecule has 1 aromatic carbocycles. The van der Waals surface area contributed by atoms with Gasteiger partial charge in [0.15, 0.2) is 0 Å². The molecule has 2 aromatic heterocycles. The van der Waals surface area contributed by atoms with E-state index in [1.165, 1.54) is 10.8 Å². The lowest BCUT2D eigenvalue weighted by atomic mass is 10.1. The number of anilines is 2. The van der Waals surface area contributed by atoms with Crippen LogP contribution in [-0.4, -0.2) is 38.9 Å². The molecule has 0 atom stereocenters. The van der Waals surface area contributed by atoms with Gasteiger partial charge >= 0.3 is 0 Å². The molecular formula is C14H12N2O9S5. The summed E-state index contributed by atoms with van der Waals surface area (Å²) in [6.45, 7) is 0. The maximum absolute atomic E-state index is 12.1. The van der Waals surface area contributed by atoms with E-state index in [2.05, 4.69) is 0 Å². The molecule has 16 heteroatoms. The first-order valence-corrected chi connectivity index (χ1v) is 13.5. The number of benzene rings is 1. The van der Waals surface area contributed by atoms with Crippen LogP contribution in [0.3, 0.4) is 0 Å². The molecule has 0 aliphatic rings. The van der Waals surface area contributed by atoms with Crippen molar-refractivity contribution in [1.29, 1.82) is 0 Å². The topological polar surface area (TPSA) is 215 Å². The van der Waals surface area contributed by atoms with Gasteiger partial charge in [0.1, 0.15) is 9.79 Å². The van der Waals surface area contributed by atoms with Gasteiger partial charge in [0.05, 0.1) is 26.0 Å². The molecule has 162 valence electrons. The normalized spacial score (nSPS) is 12.9. The van der Waals surface area contributed by atoms with Gasteiger partial charge in [-0.2, -0.15) is 25.3 Å². The molecule has 3 rings (SSSR count). The quantitative estimate of drug-likeness (QED) is 0.312. The second-order valence-electron chi connectivity index (χ2n) is 5.82. The van der Waals surface area contributed by atoms with Crippen molar-refractivity contribution in [3.63, 3.8) is 0 Å². The highest BCUT2D eigenvalue weighted by Crippen LogP contribution is 2.47. The zero-order valence-electron chi connectivity index (χ0n) is 14.4. The molecule has 2 heterocycles. The van der Waals surface area contributed by atoms with Gasteiger partial charge in [-0.3, -0.25) is 13.7 Å². The molecule has 30 heavy (non-hydrogen) atoms. The molecule has 11 nitrogen and oxygen atoms in total. The zero-order valence-corrected chi connectivity index (χ0v) is 18.5. The zero-order chi connectivity index (χ0) is 22.6. The molecule has 0 saturated carbocycles. The van der Waals surface area contributed by atoms with Crippen molar-refractivity contribution in [2.75, 3.05) is 11.5 Å². The van der Waals surface area contributed by atoms with Crippen LogP contribution in [0.1, 0.15) is 0 Å². The van der Waals surface area contributed by atoms with Crippen LogP contribution < -0.4 is 11.5 Å². The van der Waals surface area contributed by atoms with E-state index in [-0.39, 0.29) is 26.7 Å². The van der Waals surface area contributed by atoms with E-state index < -0.39 is 50.6 Å². The standard InChI is InChI=1S/C14H12N2O9S5/c15-9-5-27-12(11(9)16)8-4-26-13(14(8)30(23,24)25)7-2-1-6(28(17,18)19)3-10(7)29(20,21)22/h1-5H,15-16H2,(H,17,18,19)(H,20,21,22)(H,23,24,25). The molecule has 0 fully saturated rings. The van der Waals surface area contributed by atoms with E-state index in [4.69, 9.17) is 16.0 Å². The third-order valence-electron chi connectivity index (χ3n) is 3.88. The Balaban J connectivity index is 2.42. The monoisotopic (exact) mass is 512 g/mol. The van der Waals surface area contributed by atoms with Crippen LogP contribution in [0, 0.1) is 0 Å². The predicted octanol–water partition coefficient (Wildman–Crippen LogP) is 2.05.